The van der Waals surface area contributed by atoms with Crippen LogP contribution in [0.25, 0.3) is 0 Å². The molecule has 0 spiro atoms. The molecule has 1 heteroatoms. The normalized spacial score (nSPS) is 17.5. The number of hydrogen-bond acceptors (Lipinski definition) is 0. The standard InChI is InChI=1S/C12H24.Y/c1-9(11(3,4)5)10(2)12(6,7)8;/h9-10H,1-2H2,3-8H3;/q-2;/t9-,10-;/m0./s1. The van der Waals surface area contributed by atoms with Crippen molar-refractivity contribution in [2.24, 2.45) is 22.7 Å². The van der Waals surface area contributed by atoms with Crippen LogP contribution in [-0.4, -0.2) is 0 Å². The fraction of sp³-hybridized carbons (Fsp3) is 0.833. The third-order valence-corrected chi connectivity index (χ3v) is 2.71. The molecule has 0 aliphatic heterocycles. The van der Waals surface area contributed by atoms with Gasteiger partial charge in [0.25, 0.3) is 0 Å². The van der Waals surface area contributed by atoms with Crippen molar-refractivity contribution >= 4 is 0 Å². The van der Waals surface area contributed by atoms with E-state index < -0.39 is 0 Å². The molecular formula is C12H24Y-2. The van der Waals surface area contributed by atoms with Crippen molar-refractivity contribution in [1.82, 2.24) is 0 Å². The van der Waals surface area contributed by atoms with Crippen molar-refractivity contribution in [1.29, 1.82) is 0 Å². The Kier molecular flexibility index (Phi) is 6.69. The first-order chi connectivity index (χ1) is 5.07. The first kappa shape index (κ1) is 16.5. The molecule has 77 valence electrons. The average molecular weight is 257 g/mol. The maximum atomic E-state index is 4.21. The van der Waals surface area contributed by atoms with Gasteiger partial charge in [-0.2, -0.15) is 11.8 Å². The summed E-state index contributed by atoms with van der Waals surface area (Å²) in [5, 5.41) is 0. The van der Waals surface area contributed by atoms with E-state index in [1.807, 2.05) is 0 Å². The minimum atomic E-state index is 0. The van der Waals surface area contributed by atoms with Gasteiger partial charge in [0.1, 0.15) is 0 Å². The van der Waals surface area contributed by atoms with Crippen molar-refractivity contribution < 1.29 is 32.7 Å². The summed E-state index contributed by atoms with van der Waals surface area (Å²) in [5.41, 5.74) is 0.527. The van der Waals surface area contributed by atoms with E-state index in [0.717, 1.165) is 0 Å². The molecule has 0 rings (SSSR count). The Morgan fingerprint density at radius 1 is 0.692 bits per heavy atom. The zero-order valence-electron chi connectivity index (χ0n) is 10.1. The van der Waals surface area contributed by atoms with Crippen LogP contribution >= 0.6 is 0 Å². The predicted molar refractivity (Wildman–Crippen MR) is 56.6 cm³/mol. The molecular weight excluding hydrogens is 233 g/mol. The summed E-state index contributed by atoms with van der Waals surface area (Å²) in [6.45, 7) is 21.8. The van der Waals surface area contributed by atoms with Crippen LogP contribution in [-0.2, 0) is 32.7 Å². The fourth-order valence-corrected chi connectivity index (χ4v) is 1.21. The Morgan fingerprint density at radius 2 is 0.846 bits per heavy atom. The maximum Gasteiger partial charge on any atom is 0 e. The molecule has 0 aliphatic rings. The summed E-state index contributed by atoms with van der Waals surface area (Å²) in [5.74, 6) is 0.829. The number of rotatable bonds is 1. The van der Waals surface area contributed by atoms with Crippen molar-refractivity contribution in [3.05, 3.63) is 13.8 Å². The van der Waals surface area contributed by atoms with E-state index in [2.05, 4.69) is 55.4 Å². The minimum Gasteiger partial charge on any atom is -0.342 e. The van der Waals surface area contributed by atoms with E-state index in [1.165, 1.54) is 0 Å². The first-order valence-corrected chi connectivity index (χ1v) is 4.73. The van der Waals surface area contributed by atoms with Crippen molar-refractivity contribution in [2.75, 3.05) is 0 Å². The third kappa shape index (κ3) is 5.52. The van der Waals surface area contributed by atoms with Gasteiger partial charge in [-0.25, -0.2) is 0 Å². The van der Waals surface area contributed by atoms with Crippen LogP contribution in [0.5, 0.6) is 0 Å². The van der Waals surface area contributed by atoms with Gasteiger partial charge in [-0.05, 0) is 0 Å². The summed E-state index contributed by atoms with van der Waals surface area (Å²) < 4.78 is 0. The maximum absolute atomic E-state index is 4.21. The molecule has 0 N–H and O–H groups in total. The monoisotopic (exact) mass is 257 g/mol. The molecule has 0 fully saturated rings. The molecule has 0 nitrogen and oxygen atoms in total. The molecule has 0 aliphatic carbocycles. The fourth-order valence-electron chi connectivity index (χ4n) is 1.21. The minimum absolute atomic E-state index is 0. The first-order valence-electron chi connectivity index (χ1n) is 4.73. The quantitative estimate of drug-likeness (QED) is 0.623. The Hall–Kier alpha value is 1.10. The molecule has 0 amide bonds. The van der Waals surface area contributed by atoms with Crippen molar-refractivity contribution in [3.8, 4) is 0 Å². The van der Waals surface area contributed by atoms with E-state index in [0.29, 0.717) is 11.8 Å². The molecule has 2 atom stereocenters. The molecule has 0 heterocycles. The summed E-state index contributed by atoms with van der Waals surface area (Å²) in [6.07, 6.45) is 0. The van der Waals surface area contributed by atoms with Crippen LogP contribution in [0.2, 0.25) is 0 Å². The van der Waals surface area contributed by atoms with E-state index in [1.54, 1.807) is 0 Å². The van der Waals surface area contributed by atoms with E-state index >= 15 is 0 Å². The van der Waals surface area contributed by atoms with Crippen LogP contribution in [0.3, 0.4) is 0 Å². The summed E-state index contributed by atoms with van der Waals surface area (Å²) in [7, 11) is 0. The molecule has 13 heavy (non-hydrogen) atoms. The molecule has 0 unspecified atom stereocenters. The molecule has 0 saturated carbocycles. The van der Waals surface area contributed by atoms with Gasteiger partial charge in [0.2, 0.25) is 0 Å². The summed E-state index contributed by atoms with van der Waals surface area (Å²) in [4.78, 5) is 0. The largest absolute Gasteiger partial charge is 0.342 e. The molecule has 0 aromatic carbocycles. The van der Waals surface area contributed by atoms with E-state index in [-0.39, 0.29) is 43.5 Å². The average Bonchev–Trinajstić information content (AvgIpc) is 1.80. The van der Waals surface area contributed by atoms with Crippen LogP contribution in [0.4, 0.5) is 0 Å². The van der Waals surface area contributed by atoms with Gasteiger partial charge < -0.3 is 13.8 Å². The Labute approximate surface area is 110 Å². The molecule has 0 aromatic heterocycles. The summed E-state index contributed by atoms with van der Waals surface area (Å²) in [6, 6.07) is 0. The van der Waals surface area contributed by atoms with Crippen LogP contribution in [0.1, 0.15) is 41.5 Å². The topological polar surface area (TPSA) is 0 Å². The van der Waals surface area contributed by atoms with Gasteiger partial charge in [-0.15, -0.1) is 0 Å². The molecule has 0 saturated heterocycles. The van der Waals surface area contributed by atoms with Crippen LogP contribution in [0.15, 0.2) is 0 Å². The Morgan fingerprint density at radius 3 is 0.923 bits per heavy atom. The van der Waals surface area contributed by atoms with E-state index in [4.69, 9.17) is 0 Å². The Balaban J connectivity index is 0. The molecule has 0 aromatic rings. The Bertz CT molecular complexity index is 118. The zero-order chi connectivity index (χ0) is 10.2. The van der Waals surface area contributed by atoms with E-state index in [9.17, 15) is 0 Å². The van der Waals surface area contributed by atoms with Gasteiger partial charge in [0.15, 0.2) is 0 Å². The van der Waals surface area contributed by atoms with Crippen LogP contribution in [0, 0.1) is 36.5 Å². The molecule has 1 radical (unpaired) electrons. The second-order valence-corrected chi connectivity index (χ2v) is 5.95. The molecule has 0 bridgehead atoms. The van der Waals surface area contributed by atoms with Gasteiger partial charge in [-0.3, -0.25) is 0 Å². The van der Waals surface area contributed by atoms with Gasteiger partial charge in [-0.1, -0.05) is 52.4 Å². The smallest absolute Gasteiger partial charge is 0 e. The SMILES string of the molecule is [CH2-][C@@H]([C@H]([CH2-])C(C)(C)C)C(C)(C)C.[Y]. The number of hydrogen-bond donors (Lipinski definition) is 0. The van der Waals surface area contributed by atoms with Gasteiger partial charge >= 0.3 is 0 Å². The third-order valence-electron chi connectivity index (χ3n) is 2.71. The van der Waals surface area contributed by atoms with Crippen molar-refractivity contribution in [2.45, 2.75) is 41.5 Å². The second-order valence-electron chi connectivity index (χ2n) is 5.95. The predicted octanol–water partition coefficient (Wildman–Crippen LogP) is 3.98. The van der Waals surface area contributed by atoms with Crippen molar-refractivity contribution in [3.63, 3.8) is 0 Å². The van der Waals surface area contributed by atoms with Gasteiger partial charge in [0.05, 0.1) is 0 Å². The second kappa shape index (κ2) is 5.26. The van der Waals surface area contributed by atoms with Crippen LogP contribution < -0.4 is 0 Å². The zero-order valence-corrected chi connectivity index (χ0v) is 13.0. The van der Waals surface area contributed by atoms with Gasteiger partial charge in [0, 0.05) is 32.7 Å². The summed E-state index contributed by atoms with van der Waals surface area (Å²) >= 11 is 0.